The van der Waals surface area contributed by atoms with E-state index in [-0.39, 0.29) is 29.4 Å². The first-order valence-corrected chi connectivity index (χ1v) is 18.7. The molecule has 0 fully saturated rings. The van der Waals surface area contributed by atoms with E-state index in [1.54, 1.807) is 0 Å². The molecular weight excluding hydrogens is 673 g/mol. The molecule has 0 aliphatic heterocycles. The number of carbonyl (C=O) groups excluding carboxylic acids is 4. The number of amides is 4. The summed E-state index contributed by atoms with van der Waals surface area (Å²) in [6.45, 7) is 9.55. The first-order valence-electron chi connectivity index (χ1n) is 17.7. The molecule has 5 N–H and O–H groups in total. The van der Waals surface area contributed by atoms with Crippen molar-refractivity contribution >= 4 is 35.6 Å². The summed E-state index contributed by atoms with van der Waals surface area (Å²) < 4.78 is 5.66. The van der Waals surface area contributed by atoms with Crippen LogP contribution in [0.4, 0.5) is 4.79 Å². The molecule has 52 heavy (non-hydrogen) atoms. The fraction of sp³-hybridized carbons (Fsp3) is 0.333. The average molecular weight is 721 g/mol. The Hall–Kier alpha value is -5.09. The van der Waals surface area contributed by atoms with E-state index in [1.807, 2.05) is 88.4 Å². The van der Waals surface area contributed by atoms with Crippen LogP contribution in [0, 0.1) is 19.8 Å². The molecule has 3 atom stereocenters. The molecule has 0 heterocycles. The predicted molar refractivity (Wildman–Crippen MR) is 207 cm³/mol. The average Bonchev–Trinajstić information content (AvgIpc) is 3.44. The highest BCUT2D eigenvalue weighted by atomic mass is 32.2. The molecule has 0 saturated carbocycles. The quantitative estimate of drug-likeness (QED) is 0.110. The van der Waals surface area contributed by atoms with E-state index in [1.165, 1.54) is 18.7 Å². The van der Waals surface area contributed by atoms with Crippen molar-refractivity contribution in [3.05, 3.63) is 130 Å². The van der Waals surface area contributed by atoms with Gasteiger partial charge >= 0.3 is 6.09 Å². The topological polar surface area (TPSA) is 140 Å². The predicted octanol–water partition coefficient (Wildman–Crippen LogP) is 6.55. The fourth-order valence-electron chi connectivity index (χ4n) is 6.41. The van der Waals surface area contributed by atoms with Crippen molar-refractivity contribution < 1.29 is 23.9 Å². The molecule has 10 heteroatoms. The van der Waals surface area contributed by atoms with Gasteiger partial charge in [0.25, 0.3) is 0 Å². The number of thioether (sulfide) groups is 1. The van der Waals surface area contributed by atoms with Gasteiger partial charge in [-0.05, 0) is 66.5 Å². The maximum absolute atomic E-state index is 13.8. The third-order valence-electron chi connectivity index (χ3n) is 9.26. The molecule has 4 amide bonds. The summed E-state index contributed by atoms with van der Waals surface area (Å²) in [5.74, 6) is -1.63. The molecule has 9 nitrogen and oxygen atoms in total. The molecule has 272 valence electrons. The van der Waals surface area contributed by atoms with Crippen molar-refractivity contribution in [2.45, 2.75) is 70.3 Å². The van der Waals surface area contributed by atoms with Crippen molar-refractivity contribution in [2.75, 3.05) is 12.4 Å². The van der Waals surface area contributed by atoms with Crippen LogP contribution in [0.3, 0.4) is 0 Å². The maximum Gasteiger partial charge on any atom is 0.407 e. The molecule has 0 radical (unpaired) electrons. The third kappa shape index (κ3) is 9.61. The van der Waals surface area contributed by atoms with Crippen LogP contribution in [0.15, 0.2) is 97.1 Å². The standard InChI is InChI=1S/C42H48N4O5S/c1-25(2)22-36(39(43)47)45-41(49)37(24-52-38(29-18-14-26(3)15-19-29)30-20-16-27(4)17-21-30)46-40(48)28(5)44-42(50)51-23-35-33-12-8-6-10-31(33)32-11-7-9-13-34(32)35/h6-21,25,28,35-38H,22-24H2,1-5H3,(H2,43,47)(H,44,50)(H,45,49)(H,46,48)/t28-,36-,37-/m0/s1. The molecule has 0 unspecified atom stereocenters. The lowest BCUT2D eigenvalue weighted by atomic mass is 9.98. The number of ether oxygens (including phenoxy) is 1. The number of hydrogen-bond donors (Lipinski definition) is 4. The second-order valence-corrected chi connectivity index (χ2v) is 15.0. The van der Waals surface area contributed by atoms with E-state index >= 15 is 0 Å². The van der Waals surface area contributed by atoms with Gasteiger partial charge in [0.05, 0.1) is 5.25 Å². The van der Waals surface area contributed by atoms with E-state index in [0.29, 0.717) is 6.42 Å². The van der Waals surface area contributed by atoms with Crippen LogP contribution >= 0.6 is 11.8 Å². The molecular formula is C42H48N4O5S. The largest absolute Gasteiger partial charge is 0.449 e. The van der Waals surface area contributed by atoms with Gasteiger partial charge in [0.2, 0.25) is 17.7 Å². The first-order chi connectivity index (χ1) is 24.9. The van der Waals surface area contributed by atoms with Gasteiger partial charge in [-0.1, -0.05) is 122 Å². The number of alkyl carbamates (subject to hydrolysis) is 1. The number of primary amides is 1. The molecule has 0 saturated heterocycles. The summed E-state index contributed by atoms with van der Waals surface area (Å²) in [6, 6.07) is 29.5. The molecule has 1 aliphatic carbocycles. The van der Waals surface area contributed by atoms with Crippen molar-refractivity contribution in [3.8, 4) is 11.1 Å². The van der Waals surface area contributed by atoms with Gasteiger partial charge in [0.15, 0.2) is 0 Å². The van der Waals surface area contributed by atoms with Crippen molar-refractivity contribution in [2.24, 2.45) is 11.7 Å². The minimum atomic E-state index is -1.04. The summed E-state index contributed by atoms with van der Waals surface area (Å²) in [4.78, 5) is 52.7. The van der Waals surface area contributed by atoms with Gasteiger partial charge < -0.3 is 26.4 Å². The fourth-order valence-corrected chi connectivity index (χ4v) is 7.73. The van der Waals surface area contributed by atoms with Gasteiger partial charge in [0, 0.05) is 11.7 Å². The van der Waals surface area contributed by atoms with E-state index in [0.717, 1.165) is 44.5 Å². The lowest BCUT2D eigenvalue weighted by molar-refractivity contribution is -0.131. The summed E-state index contributed by atoms with van der Waals surface area (Å²) in [6.07, 6.45) is -0.395. The highest BCUT2D eigenvalue weighted by molar-refractivity contribution is 7.99. The molecule has 1 aliphatic rings. The lowest BCUT2D eigenvalue weighted by Gasteiger charge is -2.26. The monoisotopic (exact) mass is 720 g/mol. The van der Waals surface area contributed by atoms with E-state index < -0.39 is 41.9 Å². The smallest absolute Gasteiger partial charge is 0.407 e. The SMILES string of the molecule is Cc1ccc(C(SC[C@H](NC(=O)[C@H](C)NC(=O)OCC2c3ccccc3-c3ccccc32)C(=O)N[C@@H](CC(C)C)C(N)=O)c2ccc(C)cc2)cc1. The van der Waals surface area contributed by atoms with Crippen LogP contribution in [0.1, 0.15) is 71.7 Å². The van der Waals surface area contributed by atoms with Crippen LogP contribution in [0.2, 0.25) is 0 Å². The Morgan fingerprint density at radius 2 is 1.19 bits per heavy atom. The second-order valence-electron chi connectivity index (χ2n) is 13.9. The molecule has 4 aromatic carbocycles. The maximum atomic E-state index is 13.8. The zero-order chi connectivity index (χ0) is 37.4. The lowest BCUT2D eigenvalue weighted by Crippen LogP contribution is -2.57. The Morgan fingerprint density at radius 1 is 0.692 bits per heavy atom. The minimum absolute atomic E-state index is 0.0918. The van der Waals surface area contributed by atoms with Crippen LogP contribution in [0.25, 0.3) is 11.1 Å². The highest BCUT2D eigenvalue weighted by Crippen LogP contribution is 2.44. The number of nitrogens with two attached hydrogens (primary N) is 1. The number of fused-ring (bicyclic) bond motifs is 3. The molecule has 0 spiro atoms. The van der Waals surface area contributed by atoms with Crippen molar-refractivity contribution in [1.82, 2.24) is 16.0 Å². The number of carbonyl (C=O) groups is 4. The van der Waals surface area contributed by atoms with Crippen LogP contribution in [-0.4, -0.2) is 54.3 Å². The summed E-state index contributed by atoms with van der Waals surface area (Å²) in [7, 11) is 0. The zero-order valence-corrected chi connectivity index (χ0v) is 31.2. The minimum Gasteiger partial charge on any atom is -0.449 e. The highest BCUT2D eigenvalue weighted by Gasteiger charge is 2.31. The van der Waals surface area contributed by atoms with Gasteiger partial charge in [-0.25, -0.2) is 4.79 Å². The van der Waals surface area contributed by atoms with Crippen molar-refractivity contribution in [3.63, 3.8) is 0 Å². The Labute approximate surface area is 310 Å². The van der Waals surface area contributed by atoms with Gasteiger partial charge in [-0.3, -0.25) is 14.4 Å². The molecule has 0 aromatic heterocycles. The zero-order valence-electron chi connectivity index (χ0n) is 30.3. The summed E-state index contributed by atoms with van der Waals surface area (Å²) in [5.41, 5.74) is 14.4. The number of aryl methyl sites for hydroxylation is 2. The van der Waals surface area contributed by atoms with E-state index in [4.69, 9.17) is 10.5 Å². The van der Waals surface area contributed by atoms with Gasteiger partial charge in [-0.2, -0.15) is 0 Å². The Morgan fingerprint density at radius 3 is 1.69 bits per heavy atom. The number of nitrogens with one attached hydrogen (secondary N) is 3. The molecule has 4 aromatic rings. The van der Waals surface area contributed by atoms with Crippen LogP contribution in [0.5, 0.6) is 0 Å². The Bertz CT molecular complexity index is 1790. The Balaban J connectivity index is 1.28. The second kappa shape index (κ2) is 17.4. The van der Waals surface area contributed by atoms with Crippen LogP contribution < -0.4 is 21.7 Å². The number of hydrogen-bond acceptors (Lipinski definition) is 6. The number of benzene rings is 4. The molecule has 0 bridgehead atoms. The van der Waals surface area contributed by atoms with E-state index in [2.05, 4.69) is 52.3 Å². The van der Waals surface area contributed by atoms with E-state index in [9.17, 15) is 19.2 Å². The Kier molecular flexibility index (Phi) is 12.8. The summed E-state index contributed by atoms with van der Waals surface area (Å²) >= 11 is 1.50. The summed E-state index contributed by atoms with van der Waals surface area (Å²) in [5, 5.41) is 8.07. The normalized spacial score (nSPS) is 13.8. The third-order valence-corrected chi connectivity index (χ3v) is 10.7. The van der Waals surface area contributed by atoms with Gasteiger partial charge in [0.1, 0.15) is 24.7 Å². The van der Waals surface area contributed by atoms with Crippen LogP contribution in [-0.2, 0) is 19.1 Å². The van der Waals surface area contributed by atoms with Crippen molar-refractivity contribution in [1.29, 1.82) is 0 Å². The number of rotatable bonds is 15. The first kappa shape index (κ1) is 38.1. The molecule has 5 rings (SSSR count). The van der Waals surface area contributed by atoms with Gasteiger partial charge in [-0.15, -0.1) is 11.8 Å².